The number of benzene rings is 1. The predicted molar refractivity (Wildman–Crippen MR) is 105 cm³/mol. The minimum atomic E-state index is -0.872. The Kier molecular flexibility index (Phi) is 7.78. The fourth-order valence-electron chi connectivity index (χ4n) is 2.48. The van der Waals surface area contributed by atoms with Crippen molar-refractivity contribution in [2.75, 3.05) is 11.9 Å². The zero-order valence-corrected chi connectivity index (χ0v) is 17.2. The number of aromatic amines is 1. The maximum Gasteiger partial charge on any atom is 0.412 e. The van der Waals surface area contributed by atoms with Crippen molar-refractivity contribution in [3.8, 4) is 0 Å². The Morgan fingerprint density at radius 2 is 2.00 bits per heavy atom. The lowest BCUT2D eigenvalue weighted by Gasteiger charge is -2.26. The van der Waals surface area contributed by atoms with Crippen LogP contribution in [0.25, 0.3) is 0 Å². The van der Waals surface area contributed by atoms with Gasteiger partial charge in [-0.2, -0.15) is 0 Å². The first kappa shape index (κ1) is 20.9. The van der Waals surface area contributed by atoms with Crippen molar-refractivity contribution in [3.05, 3.63) is 40.9 Å². The molecule has 27 heavy (non-hydrogen) atoms. The summed E-state index contributed by atoms with van der Waals surface area (Å²) < 4.78 is 6.36. The minimum absolute atomic E-state index is 0.184. The Balaban J connectivity index is 2.04. The molecule has 1 aromatic carbocycles. The van der Waals surface area contributed by atoms with Crippen molar-refractivity contribution in [2.24, 2.45) is 5.92 Å². The highest BCUT2D eigenvalue weighted by atomic mass is 79.9. The number of ether oxygens (including phenoxy) is 1. The van der Waals surface area contributed by atoms with E-state index in [1.165, 1.54) is 6.33 Å². The van der Waals surface area contributed by atoms with Gasteiger partial charge >= 0.3 is 6.09 Å². The number of halogens is 1. The molecule has 0 fully saturated rings. The first-order chi connectivity index (χ1) is 12.9. The van der Waals surface area contributed by atoms with E-state index in [2.05, 4.69) is 36.4 Å². The molecule has 0 bridgehead atoms. The van der Waals surface area contributed by atoms with Gasteiger partial charge in [-0.25, -0.2) is 4.79 Å². The van der Waals surface area contributed by atoms with Gasteiger partial charge in [-0.15, -0.1) is 10.2 Å². The summed E-state index contributed by atoms with van der Waals surface area (Å²) in [5.74, 6) is 0.504. The number of amides is 2. The van der Waals surface area contributed by atoms with Crippen LogP contribution in [0.5, 0.6) is 0 Å². The molecule has 0 saturated heterocycles. The normalized spacial score (nSPS) is 11.9. The molecular weight excluding hydrogens is 414 g/mol. The summed E-state index contributed by atoms with van der Waals surface area (Å²) in [6.07, 6.45) is 0.358. The lowest BCUT2D eigenvalue weighted by molar-refractivity contribution is -0.141. The Morgan fingerprint density at radius 1 is 1.30 bits per heavy atom. The first-order valence-corrected chi connectivity index (χ1v) is 9.55. The number of rotatable bonds is 8. The molecule has 0 unspecified atom stereocenters. The van der Waals surface area contributed by atoms with E-state index in [1.54, 1.807) is 17.0 Å². The van der Waals surface area contributed by atoms with Gasteiger partial charge < -0.3 is 14.6 Å². The number of aromatic nitrogens is 3. The van der Waals surface area contributed by atoms with Crippen LogP contribution in [0.3, 0.4) is 0 Å². The van der Waals surface area contributed by atoms with E-state index >= 15 is 0 Å². The third kappa shape index (κ3) is 6.67. The second-order valence-electron chi connectivity index (χ2n) is 6.44. The van der Waals surface area contributed by atoms with Crippen LogP contribution in [-0.4, -0.2) is 44.7 Å². The highest BCUT2D eigenvalue weighted by Crippen LogP contribution is 2.17. The van der Waals surface area contributed by atoms with Crippen molar-refractivity contribution in [3.63, 3.8) is 0 Å². The van der Waals surface area contributed by atoms with E-state index in [4.69, 9.17) is 4.74 Å². The van der Waals surface area contributed by atoms with Gasteiger partial charge in [-0.3, -0.25) is 10.1 Å². The van der Waals surface area contributed by atoms with Gasteiger partial charge in [0.1, 0.15) is 12.2 Å². The average molecular weight is 438 g/mol. The van der Waals surface area contributed by atoms with Gasteiger partial charge in [0.15, 0.2) is 6.10 Å². The SMILES string of the molecule is CCN(Cc1nnc[nH]1)C(=O)[C@H](CC(C)C)OC(=O)Nc1ccc(Br)cc1. The Labute approximate surface area is 166 Å². The zero-order valence-electron chi connectivity index (χ0n) is 15.6. The molecule has 0 saturated carbocycles. The quantitative estimate of drug-likeness (QED) is 0.656. The third-order valence-corrected chi connectivity index (χ3v) is 4.33. The van der Waals surface area contributed by atoms with Crippen LogP contribution in [0, 0.1) is 5.92 Å². The van der Waals surface area contributed by atoms with Gasteiger partial charge in [0, 0.05) is 16.7 Å². The van der Waals surface area contributed by atoms with Crippen LogP contribution in [0.2, 0.25) is 0 Å². The van der Waals surface area contributed by atoms with Crippen molar-refractivity contribution in [2.45, 2.75) is 39.8 Å². The zero-order chi connectivity index (χ0) is 19.8. The van der Waals surface area contributed by atoms with Gasteiger partial charge in [0.05, 0.1) is 6.54 Å². The molecular formula is C18H24BrN5O3. The number of hydrogen-bond acceptors (Lipinski definition) is 5. The van der Waals surface area contributed by atoms with Crippen molar-refractivity contribution < 1.29 is 14.3 Å². The second kappa shape index (κ2) is 10.1. The highest BCUT2D eigenvalue weighted by Gasteiger charge is 2.28. The van der Waals surface area contributed by atoms with E-state index in [9.17, 15) is 9.59 Å². The maximum atomic E-state index is 12.9. The fourth-order valence-corrected chi connectivity index (χ4v) is 2.74. The smallest absolute Gasteiger partial charge is 0.412 e. The van der Waals surface area contributed by atoms with E-state index in [0.29, 0.717) is 24.5 Å². The summed E-state index contributed by atoms with van der Waals surface area (Å²) in [6.45, 7) is 6.56. The Hall–Kier alpha value is -2.42. The van der Waals surface area contributed by atoms with Crippen LogP contribution in [0.4, 0.5) is 10.5 Å². The molecule has 1 heterocycles. The number of carbonyl (C=O) groups is 2. The molecule has 146 valence electrons. The third-order valence-electron chi connectivity index (χ3n) is 3.80. The highest BCUT2D eigenvalue weighted by molar-refractivity contribution is 9.10. The standard InChI is InChI=1S/C18H24BrN5O3/c1-4-24(10-16-20-11-21-23-16)17(25)15(9-12(2)3)27-18(26)22-14-7-5-13(19)6-8-14/h5-8,11-12,15H,4,9-10H2,1-3H3,(H,22,26)(H,20,21,23)/t15-/m0/s1. The number of anilines is 1. The summed E-state index contributed by atoms with van der Waals surface area (Å²) >= 11 is 3.34. The van der Waals surface area contributed by atoms with Crippen LogP contribution >= 0.6 is 15.9 Å². The monoisotopic (exact) mass is 437 g/mol. The molecule has 0 aliphatic heterocycles. The van der Waals surface area contributed by atoms with E-state index in [1.807, 2.05) is 32.9 Å². The van der Waals surface area contributed by atoms with Crippen LogP contribution in [0.15, 0.2) is 35.1 Å². The lowest BCUT2D eigenvalue weighted by atomic mass is 10.0. The van der Waals surface area contributed by atoms with Crippen LogP contribution < -0.4 is 5.32 Å². The Bertz CT molecular complexity index is 734. The fraction of sp³-hybridized carbons (Fsp3) is 0.444. The van der Waals surface area contributed by atoms with Crippen molar-refractivity contribution in [1.82, 2.24) is 20.1 Å². The molecule has 2 N–H and O–H groups in total. The summed E-state index contributed by atoms with van der Waals surface area (Å²) in [4.78, 5) is 29.7. The van der Waals surface area contributed by atoms with Gasteiger partial charge in [0.2, 0.25) is 0 Å². The van der Waals surface area contributed by atoms with E-state index in [-0.39, 0.29) is 18.4 Å². The number of nitrogens with one attached hydrogen (secondary N) is 2. The van der Waals surface area contributed by atoms with Gasteiger partial charge in [0.25, 0.3) is 5.91 Å². The molecule has 2 amide bonds. The molecule has 1 aromatic heterocycles. The summed E-state index contributed by atoms with van der Waals surface area (Å²) in [7, 11) is 0. The maximum absolute atomic E-state index is 12.9. The van der Waals surface area contributed by atoms with E-state index in [0.717, 1.165) is 4.47 Å². The predicted octanol–water partition coefficient (Wildman–Crippen LogP) is 3.58. The molecule has 2 rings (SSSR count). The molecule has 0 spiro atoms. The molecule has 8 nitrogen and oxygen atoms in total. The van der Waals surface area contributed by atoms with Gasteiger partial charge in [-0.05, 0) is 43.5 Å². The number of nitrogens with zero attached hydrogens (tertiary/aromatic N) is 3. The van der Waals surface area contributed by atoms with Crippen molar-refractivity contribution >= 4 is 33.6 Å². The van der Waals surface area contributed by atoms with Crippen LogP contribution in [0.1, 0.15) is 33.0 Å². The molecule has 0 aliphatic carbocycles. The molecule has 1 atom stereocenters. The summed E-state index contributed by atoms with van der Waals surface area (Å²) in [5.41, 5.74) is 0.591. The minimum Gasteiger partial charge on any atom is -0.436 e. The lowest BCUT2D eigenvalue weighted by Crippen LogP contribution is -2.42. The summed E-state index contributed by atoms with van der Waals surface area (Å²) in [6, 6.07) is 7.10. The average Bonchev–Trinajstić information content (AvgIpc) is 3.13. The molecule has 0 radical (unpaired) electrons. The molecule has 9 heteroatoms. The van der Waals surface area contributed by atoms with Crippen LogP contribution in [-0.2, 0) is 16.1 Å². The first-order valence-electron chi connectivity index (χ1n) is 8.76. The largest absolute Gasteiger partial charge is 0.436 e. The van der Waals surface area contributed by atoms with Gasteiger partial charge in [-0.1, -0.05) is 29.8 Å². The Morgan fingerprint density at radius 3 is 2.56 bits per heavy atom. The summed E-state index contributed by atoms with van der Waals surface area (Å²) in [5, 5.41) is 10.3. The number of carbonyl (C=O) groups excluding carboxylic acids is 2. The topological polar surface area (TPSA) is 100 Å². The van der Waals surface area contributed by atoms with Crippen molar-refractivity contribution in [1.29, 1.82) is 0 Å². The number of H-pyrrole nitrogens is 1. The number of likely N-dealkylation sites (N-methyl/N-ethyl adjacent to an activating group) is 1. The van der Waals surface area contributed by atoms with E-state index < -0.39 is 12.2 Å². The molecule has 0 aliphatic rings. The number of hydrogen-bond donors (Lipinski definition) is 2. The molecule has 2 aromatic rings. The second-order valence-corrected chi connectivity index (χ2v) is 7.36.